The summed E-state index contributed by atoms with van der Waals surface area (Å²) in [5, 5.41) is 11.6. The topological polar surface area (TPSA) is 76.6 Å². The Morgan fingerprint density at radius 2 is 1.88 bits per heavy atom. The van der Waals surface area contributed by atoms with E-state index in [0.717, 1.165) is 31.7 Å². The first-order valence-corrected chi connectivity index (χ1v) is 8.95. The lowest BCUT2D eigenvalue weighted by atomic mass is 10.0. The smallest absolute Gasteiger partial charge is 0.256 e. The van der Waals surface area contributed by atoms with Crippen LogP contribution in [0, 0.1) is 0 Å². The Hall–Kier alpha value is -2.22. The molecule has 0 aliphatic carbocycles. The normalized spacial score (nSPS) is 18.9. The van der Waals surface area contributed by atoms with E-state index in [-0.39, 0.29) is 5.91 Å². The molecule has 0 atom stereocenters. The lowest BCUT2D eigenvalue weighted by Gasteiger charge is -2.37. The van der Waals surface area contributed by atoms with Crippen molar-refractivity contribution in [2.24, 2.45) is 0 Å². The van der Waals surface area contributed by atoms with Gasteiger partial charge in [-0.1, -0.05) is 17.7 Å². The Bertz CT molecular complexity index is 783. The summed E-state index contributed by atoms with van der Waals surface area (Å²) in [5.41, 5.74) is 0.473. The zero-order chi connectivity index (χ0) is 18.0. The van der Waals surface area contributed by atoms with E-state index in [1.807, 2.05) is 6.07 Å². The summed E-state index contributed by atoms with van der Waals surface area (Å²) in [6.07, 6.45) is 1.61. The van der Waals surface area contributed by atoms with Crippen LogP contribution in [0.4, 0.5) is 11.6 Å². The molecular weight excluding hydrogens is 356 g/mol. The van der Waals surface area contributed by atoms with E-state index in [1.54, 1.807) is 30.3 Å². The SMILES string of the molecule is O=C(Nc1ccc(N2CCC3(CC2)OCCO3)nn1)c1cccc(Cl)c1. The average molecular weight is 375 g/mol. The van der Waals surface area contributed by atoms with Crippen LogP contribution in [-0.4, -0.2) is 48.2 Å². The third-order valence-corrected chi connectivity index (χ3v) is 4.88. The summed E-state index contributed by atoms with van der Waals surface area (Å²) in [5.74, 6) is 0.493. The van der Waals surface area contributed by atoms with Gasteiger partial charge < -0.3 is 19.7 Å². The lowest BCUT2D eigenvalue weighted by molar-refractivity contribution is -0.169. The molecule has 1 aromatic carbocycles. The fraction of sp³-hybridized carbons (Fsp3) is 0.389. The molecule has 26 heavy (non-hydrogen) atoms. The molecule has 136 valence electrons. The number of nitrogens with one attached hydrogen (secondary N) is 1. The highest BCUT2D eigenvalue weighted by Crippen LogP contribution is 2.32. The fourth-order valence-electron chi connectivity index (χ4n) is 3.24. The van der Waals surface area contributed by atoms with E-state index < -0.39 is 5.79 Å². The highest BCUT2D eigenvalue weighted by atomic mass is 35.5. The highest BCUT2D eigenvalue weighted by Gasteiger charge is 2.40. The van der Waals surface area contributed by atoms with Crippen LogP contribution in [0.15, 0.2) is 36.4 Å². The third kappa shape index (κ3) is 3.65. The van der Waals surface area contributed by atoms with Crippen LogP contribution in [0.25, 0.3) is 0 Å². The predicted molar refractivity (Wildman–Crippen MR) is 97.5 cm³/mol. The maximum Gasteiger partial charge on any atom is 0.256 e. The van der Waals surface area contributed by atoms with E-state index in [1.165, 1.54) is 0 Å². The van der Waals surface area contributed by atoms with Gasteiger partial charge in [0, 0.05) is 36.5 Å². The van der Waals surface area contributed by atoms with Crippen LogP contribution in [0.1, 0.15) is 23.2 Å². The zero-order valence-electron chi connectivity index (χ0n) is 14.2. The standard InChI is InChI=1S/C18H19ClN4O3/c19-14-3-1-2-13(12-14)17(24)20-15-4-5-16(22-21-15)23-8-6-18(7-9-23)25-10-11-26-18/h1-5,12H,6-11H2,(H,20,21,24). The Morgan fingerprint density at radius 3 is 2.54 bits per heavy atom. The quantitative estimate of drug-likeness (QED) is 0.890. The van der Waals surface area contributed by atoms with Crippen molar-refractivity contribution >= 4 is 29.1 Å². The summed E-state index contributed by atoms with van der Waals surface area (Å²) in [7, 11) is 0. The van der Waals surface area contributed by atoms with Crippen molar-refractivity contribution < 1.29 is 14.3 Å². The number of aromatic nitrogens is 2. The lowest BCUT2D eigenvalue weighted by Crippen LogP contribution is -2.45. The second-order valence-electron chi connectivity index (χ2n) is 6.34. The summed E-state index contributed by atoms with van der Waals surface area (Å²) < 4.78 is 11.5. The Morgan fingerprint density at radius 1 is 1.12 bits per heavy atom. The number of hydrogen-bond donors (Lipinski definition) is 1. The minimum absolute atomic E-state index is 0.273. The first-order chi connectivity index (χ1) is 12.6. The van der Waals surface area contributed by atoms with Gasteiger partial charge in [0.25, 0.3) is 5.91 Å². The number of piperidine rings is 1. The minimum Gasteiger partial charge on any atom is -0.355 e. The number of hydrogen-bond acceptors (Lipinski definition) is 6. The van der Waals surface area contributed by atoms with Crippen molar-refractivity contribution in [3.8, 4) is 0 Å². The maximum absolute atomic E-state index is 12.2. The second-order valence-corrected chi connectivity index (χ2v) is 6.77. The molecule has 0 unspecified atom stereocenters. The zero-order valence-corrected chi connectivity index (χ0v) is 14.9. The van der Waals surface area contributed by atoms with Crippen LogP contribution < -0.4 is 10.2 Å². The molecule has 1 amide bonds. The third-order valence-electron chi connectivity index (χ3n) is 4.64. The molecule has 2 aliphatic heterocycles. The van der Waals surface area contributed by atoms with Gasteiger partial charge in [-0.2, -0.15) is 0 Å². The molecular formula is C18H19ClN4O3. The average Bonchev–Trinajstić information content (AvgIpc) is 3.11. The van der Waals surface area contributed by atoms with Crippen molar-refractivity contribution in [1.82, 2.24) is 10.2 Å². The van der Waals surface area contributed by atoms with E-state index in [0.29, 0.717) is 29.6 Å². The molecule has 0 saturated carbocycles. The molecule has 7 nitrogen and oxygen atoms in total. The Balaban J connectivity index is 1.37. The first-order valence-electron chi connectivity index (χ1n) is 8.57. The number of rotatable bonds is 3. The molecule has 8 heteroatoms. The van der Waals surface area contributed by atoms with Gasteiger partial charge in [0.15, 0.2) is 17.4 Å². The summed E-state index contributed by atoms with van der Waals surface area (Å²) in [4.78, 5) is 14.4. The fourth-order valence-corrected chi connectivity index (χ4v) is 3.43. The molecule has 1 aromatic heterocycles. The van der Waals surface area contributed by atoms with Gasteiger partial charge in [0.2, 0.25) is 0 Å². The van der Waals surface area contributed by atoms with Gasteiger partial charge >= 0.3 is 0 Å². The number of carbonyl (C=O) groups excluding carboxylic acids is 1. The molecule has 4 rings (SSSR count). The van der Waals surface area contributed by atoms with Gasteiger partial charge in [0.05, 0.1) is 13.2 Å². The summed E-state index contributed by atoms with van der Waals surface area (Å²) in [6, 6.07) is 10.4. The van der Waals surface area contributed by atoms with Gasteiger partial charge in [-0.05, 0) is 30.3 Å². The number of ether oxygens (including phenoxy) is 2. The van der Waals surface area contributed by atoms with Gasteiger partial charge in [-0.25, -0.2) is 0 Å². The molecule has 1 spiro atoms. The number of carbonyl (C=O) groups is 1. The molecule has 3 heterocycles. The monoisotopic (exact) mass is 374 g/mol. The number of amides is 1. The van der Waals surface area contributed by atoms with Crippen LogP contribution in [0.3, 0.4) is 0 Å². The minimum atomic E-state index is -0.408. The van der Waals surface area contributed by atoms with Crippen LogP contribution >= 0.6 is 11.6 Å². The Kier molecular flexibility index (Phi) is 4.76. The van der Waals surface area contributed by atoms with E-state index in [2.05, 4.69) is 20.4 Å². The van der Waals surface area contributed by atoms with Crippen molar-refractivity contribution in [2.75, 3.05) is 36.5 Å². The number of nitrogens with zero attached hydrogens (tertiary/aromatic N) is 3. The van der Waals surface area contributed by atoms with Crippen molar-refractivity contribution in [3.63, 3.8) is 0 Å². The second kappa shape index (κ2) is 7.19. The van der Waals surface area contributed by atoms with Crippen LogP contribution in [-0.2, 0) is 9.47 Å². The van der Waals surface area contributed by atoms with Crippen LogP contribution in [0.5, 0.6) is 0 Å². The number of halogens is 1. The first kappa shape index (κ1) is 17.2. The molecule has 2 aliphatic rings. The molecule has 2 fully saturated rings. The van der Waals surface area contributed by atoms with Crippen LogP contribution in [0.2, 0.25) is 5.02 Å². The maximum atomic E-state index is 12.2. The predicted octanol–water partition coefficient (Wildman–Crippen LogP) is 2.73. The summed E-state index contributed by atoms with van der Waals surface area (Å²) in [6.45, 7) is 2.92. The van der Waals surface area contributed by atoms with E-state index in [4.69, 9.17) is 21.1 Å². The van der Waals surface area contributed by atoms with Gasteiger partial charge in [-0.15, -0.1) is 10.2 Å². The van der Waals surface area contributed by atoms with Crippen molar-refractivity contribution in [3.05, 3.63) is 47.0 Å². The van der Waals surface area contributed by atoms with Crippen molar-refractivity contribution in [1.29, 1.82) is 0 Å². The largest absolute Gasteiger partial charge is 0.355 e. The van der Waals surface area contributed by atoms with E-state index >= 15 is 0 Å². The number of anilines is 2. The highest BCUT2D eigenvalue weighted by molar-refractivity contribution is 6.31. The van der Waals surface area contributed by atoms with Gasteiger partial charge in [-0.3, -0.25) is 4.79 Å². The van der Waals surface area contributed by atoms with Crippen molar-refractivity contribution in [2.45, 2.75) is 18.6 Å². The number of benzene rings is 1. The van der Waals surface area contributed by atoms with Gasteiger partial charge in [0.1, 0.15) is 0 Å². The Labute approximate surface area is 156 Å². The molecule has 2 aromatic rings. The molecule has 0 radical (unpaired) electrons. The molecule has 1 N–H and O–H groups in total. The van der Waals surface area contributed by atoms with E-state index in [9.17, 15) is 4.79 Å². The molecule has 0 bridgehead atoms. The summed E-state index contributed by atoms with van der Waals surface area (Å²) >= 11 is 5.91. The molecule has 2 saturated heterocycles.